The molecule has 4 rings (SSSR count). The molecule has 2 fully saturated rings. The molecule has 1 aromatic heterocycles. The monoisotopic (exact) mass is 497 g/mol. The van der Waals surface area contributed by atoms with Gasteiger partial charge in [-0.3, -0.25) is 0 Å². The maximum absolute atomic E-state index is 13.0. The highest BCUT2D eigenvalue weighted by molar-refractivity contribution is 7.13. The van der Waals surface area contributed by atoms with Crippen LogP contribution in [-0.2, 0) is 14.4 Å². The molecular weight excluding hydrogens is 471 g/mol. The number of benzene rings is 1. The first kappa shape index (κ1) is 24.5. The molecule has 34 heavy (non-hydrogen) atoms. The molecule has 184 valence electrons. The van der Waals surface area contributed by atoms with Crippen LogP contribution in [0.5, 0.6) is 0 Å². The molecule has 2 aliphatic rings. The molecular formula is C23H26F3N3O4S. The van der Waals surface area contributed by atoms with Crippen LogP contribution in [0.3, 0.4) is 0 Å². The number of ether oxygens (including phenoxy) is 1. The van der Waals surface area contributed by atoms with Gasteiger partial charge in [-0.1, -0.05) is 25.0 Å². The molecule has 1 aliphatic carbocycles. The van der Waals surface area contributed by atoms with Gasteiger partial charge in [0.15, 0.2) is 0 Å². The van der Waals surface area contributed by atoms with E-state index >= 15 is 0 Å². The Balaban J connectivity index is 1.60. The number of rotatable bonds is 5. The molecule has 0 spiro atoms. The number of alkyl halides is 3. The Labute approximate surface area is 199 Å². The van der Waals surface area contributed by atoms with E-state index in [0.29, 0.717) is 21.6 Å². The van der Waals surface area contributed by atoms with Gasteiger partial charge in [0.25, 0.3) is 0 Å². The van der Waals surface area contributed by atoms with Crippen molar-refractivity contribution < 1.29 is 32.3 Å². The number of carbonyl (C=O) groups excluding carboxylic acids is 2. The molecule has 0 unspecified atom stereocenters. The van der Waals surface area contributed by atoms with E-state index in [1.807, 2.05) is 5.38 Å². The Kier molecular flexibility index (Phi) is 7.72. The lowest BCUT2D eigenvalue weighted by Gasteiger charge is -2.25. The van der Waals surface area contributed by atoms with Gasteiger partial charge in [0.1, 0.15) is 5.01 Å². The molecule has 1 N–H and O–H groups in total. The second kappa shape index (κ2) is 10.7. The predicted octanol–water partition coefficient (Wildman–Crippen LogP) is 5.43. The second-order valence-corrected chi connectivity index (χ2v) is 9.38. The summed E-state index contributed by atoms with van der Waals surface area (Å²) in [5.41, 5.74) is 1.27. The Morgan fingerprint density at radius 3 is 2.53 bits per heavy atom. The van der Waals surface area contributed by atoms with Crippen molar-refractivity contribution in [1.82, 2.24) is 10.3 Å². The lowest BCUT2D eigenvalue weighted by molar-refractivity contribution is -0.200. The van der Waals surface area contributed by atoms with Crippen molar-refractivity contribution in [2.24, 2.45) is 5.92 Å². The van der Waals surface area contributed by atoms with E-state index in [-0.39, 0.29) is 18.2 Å². The third-order valence-electron chi connectivity index (χ3n) is 6.12. The highest BCUT2D eigenvalue weighted by Gasteiger charge is 2.44. The van der Waals surface area contributed by atoms with Gasteiger partial charge in [0, 0.05) is 16.9 Å². The number of hydrogen-bond acceptors (Lipinski definition) is 7. The number of hydrogen-bond donors (Lipinski definition) is 1. The highest BCUT2D eigenvalue weighted by Crippen LogP contribution is 2.39. The van der Waals surface area contributed by atoms with E-state index in [1.54, 1.807) is 18.2 Å². The number of piperidine rings is 1. The van der Waals surface area contributed by atoms with Crippen LogP contribution in [0.15, 0.2) is 29.6 Å². The van der Waals surface area contributed by atoms with Crippen LogP contribution in [0.25, 0.3) is 10.6 Å². The van der Waals surface area contributed by atoms with Crippen molar-refractivity contribution >= 4 is 29.1 Å². The zero-order chi connectivity index (χ0) is 24.1. The van der Waals surface area contributed by atoms with E-state index in [9.17, 15) is 22.8 Å². The van der Waals surface area contributed by atoms with Crippen LogP contribution in [0, 0.1) is 5.92 Å². The van der Waals surface area contributed by atoms with Crippen LogP contribution in [0.4, 0.5) is 23.7 Å². The molecule has 1 aliphatic heterocycles. The fourth-order valence-corrected chi connectivity index (χ4v) is 5.20. The molecule has 0 radical (unpaired) electrons. The second-order valence-electron chi connectivity index (χ2n) is 8.52. The topological polar surface area (TPSA) is 80.8 Å². The molecule has 7 nitrogen and oxygen atoms in total. The predicted molar refractivity (Wildman–Crippen MR) is 120 cm³/mol. The van der Waals surface area contributed by atoms with Crippen molar-refractivity contribution in [3.8, 4) is 10.6 Å². The number of halogens is 3. The zero-order valence-electron chi connectivity index (χ0n) is 18.5. The number of anilines is 1. The van der Waals surface area contributed by atoms with E-state index in [2.05, 4.69) is 15.1 Å². The molecule has 1 saturated carbocycles. The van der Waals surface area contributed by atoms with Gasteiger partial charge in [0.05, 0.1) is 18.0 Å². The average molecular weight is 498 g/mol. The molecule has 1 aromatic carbocycles. The van der Waals surface area contributed by atoms with Crippen molar-refractivity contribution in [2.75, 3.05) is 24.8 Å². The van der Waals surface area contributed by atoms with E-state index in [1.165, 1.54) is 17.4 Å². The van der Waals surface area contributed by atoms with Gasteiger partial charge in [-0.2, -0.15) is 13.2 Å². The summed E-state index contributed by atoms with van der Waals surface area (Å²) in [6.07, 6.45) is -0.553. The molecule has 11 heteroatoms. The minimum atomic E-state index is -5.28. The summed E-state index contributed by atoms with van der Waals surface area (Å²) in [4.78, 5) is 33.8. The smallest absolute Gasteiger partial charge is 0.447 e. The summed E-state index contributed by atoms with van der Waals surface area (Å²) in [6, 6.07) is 6.25. The SMILES string of the molecule is O=C(OCC1CCNCC1)N(OC(=O)C(F)(F)F)c1ccccc1-c1nc(C2CCCC2)cs1. The Morgan fingerprint density at radius 2 is 1.82 bits per heavy atom. The first-order chi connectivity index (χ1) is 16.3. The minimum Gasteiger partial charge on any atom is -0.447 e. The fourth-order valence-electron chi connectivity index (χ4n) is 4.27. The van der Waals surface area contributed by atoms with Crippen LogP contribution in [-0.4, -0.2) is 42.9 Å². The third kappa shape index (κ3) is 5.87. The Hall–Kier alpha value is -2.66. The lowest BCUT2D eigenvalue weighted by Crippen LogP contribution is -2.40. The van der Waals surface area contributed by atoms with Gasteiger partial charge in [-0.25, -0.2) is 14.6 Å². The first-order valence-corrected chi connectivity index (χ1v) is 12.2. The van der Waals surface area contributed by atoms with Gasteiger partial charge in [-0.15, -0.1) is 16.4 Å². The molecule has 0 bridgehead atoms. The average Bonchev–Trinajstić information content (AvgIpc) is 3.53. The van der Waals surface area contributed by atoms with Gasteiger partial charge in [0.2, 0.25) is 0 Å². The fraction of sp³-hybridized carbons (Fsp3) is 0.522. The molecule has 2 heterocycles. The Bertz CT molecular complexity index is 1000. The zero-order valence-corrected chi connectivity index (χ0v) is 19.3. The van der Waals surface area contributed by atoms with Crippen molar-refractivity contribution in [1.29, 1.82) is 0 Å². The third-order valence-corrected chi connectivity index (χ3v) is 7.02. The van der Waals surface area contributed by atoms with Crippen LogP contribution < -0.4 is 10.4 Å². The number of nitrogens with one attached hydrogen (secondary N) is 1. The van der Waals surface area contributed by atoms with Crippen molar-refractivity contribution in [2.45, 2.75) is 50.6 Å². The quantitative estimate of drug-likeness (QED) is 0.555. The highest BCUT2D eigenvalue weighted by atomic mass is 32.1. The summed E-state index contributed by atoms with van der Waals surface area (Å²) < 4.78 is 44.3. The standard InChI is InChI=1S/C23H26F3N3O4S/c24-23(25,26)21(30)33-29(22(31)32-13-15-9-11-27-12-10-15)19-8-4-3-7-17(19)20-28-18(14-34-20)16-5-1-2-6-16/h3-4,7-8,14-16,27H,1-2,5-6,9-13H2. The number of nitrogens with zero attached hydrogens (tertiary/aromatic N) is 2. The van der Waals surface area contributed by atoms with Crippen LogP contribution in [0.2, 0.25) is 0 Å². The van der Waals surface area contributed by atoms with E-state index < -0.39 is 18.2 Å². The van der Waals surface area contributed by atoms with E-state index in [4.69, 9.17) is 4.74 Å². The maximum atomic E-state index is 13.0. The van der Waals surface area contributed by atoms with E-state index in [0.717, 1.165) is 57.3 Å². The number of para-hydroxylation sites is 1. The minimum absolute atomic E-state index is 0.0197. The van der Waals surface area contributed by atoms with Gasteiger partial charge < -0.3 is 14.9 Å². The summed E-state index contributed by atoms with van der Waals surface area (Å²) in [5, 5.41) is 5.94. The number of carbonyl (C=O) groups is 2. The number of hydroxylamine groups is 1. The first-order valence-electron chi connectivity index (χ1n) is 11.3. The number of aromatic nitrogens is 1. The Morgan fingerprint density at radius 1 is 1.12 bits per heavy atom. The summed E-state index contributed by atoms with van der Waals surface area (Å²) in [5.74, 6) is -2.08. The van der Waals surface area contributed by atoms with Crippen LogP contribution in [0.1, 0.15) is 50.1 Å². The van der Waals surface area contributed by atoms with Gasteiger partial charge in [-0.05, 0) is 56.8 Å². The summed E-state index contributed by atoms with van der Waals surface area (Å²) in [6.45, 7) is 1.56. The van der Waals surface area contributed by atoms with Crippen LogP contribution >= 0.6 is 11.3 Å². The lowest BCUT2D eigenvalue weighted by atomic mass is 9.99. The maximum Gasteiger partial charge on any atom is 0.493 e. The normalized spacial score (nSPS) is 17.5. The molecule has 1 amide bonds. The van der Waals surface area contributed by atoms with Crippen molar-refractivity contribution in [3.05, 3.63) is 35.3 Å². The summed E-state index contributed by atoms with van der Waals surface area (Å²) >= 11 is 1.33. The largest absolute Gasteiger partial charge is 0.493 e. The number of thiazole rings is 1. The van der Waals surface area contributed by atoms with Crippen molar-refractivity contribution in [3.63, 3.8) is 0 Å². The summed E-state index contributed by atoms with van der Waals surface area (Å²) in [7, 11) is 0. The number of amides is 1. The van der Waals surface area contributed by atoms with Gasteiger partial charge >= 0.3 is 18.2 Å². The molecule has 0 atom stereocenters. The molecule has 1 saturated heterocycles. The molecule has 2 aromatic rings.